The van der Waals surface area contributed by atoms with Gasteiger partial charge in [0.1, 0.15) is 54.4 Å². The molecule has 0 spiro atoms. The molecule has 0 radical (unpaired) electrons. The van der Waals surface area contributed by atoms with Crippen LogP contribution in [0.3, 0.4) is 0 Å². The van der Waals surface area contributed by atoms with Gasteiger partial charge in [-0.25, -0.2) is 4.79 Å². The third-order valence-electron chi connectivity index (χ3n) is 13.4. The van der Waals surface area contributed by atoms with Crippen LogP contribution in [0.1, 0.15) is 110 Å². The van der Waals surface area contributed by atoms with Crippen LogP contribution in [0.15, 0.2) is 30.3 Å². The Balaban J connectivity index is 3.62. The maximum atomic E-state index is 14.5. The van der Waals surface area contributed by atoms with Crippen molar-refractivity contribution < 1.29 is 102 Å². The number of carboxylic acids is 4. The molecular weight excluding hydrogens is 1210 g/mol. The molecule has 0 aliphatic heterocycles. The Kier molecular flexibility index (Phi) is 36.9. The van der Waals surface area contributed by atoms with Crippen molar-refractivity contribution in [2.45, 2.75) is 172 Å². The number of carbonyl (C=O) groups excluding carboxylic acids is 12. The fourth-order valence-corrected chi connectivity index (χ4v) is 8.72. The molecule has 1 aromatic rings. The van der Waals surface area contributed by atoms with Gasteiger partial charge >= 0.3 is 23.9 Å². The van der Waals surface area contributed by atoms with Gasteiger partial charge in [-0.1, -0.05) is 50.6 Å². The van der Waals surface area contributed by atoms with E-state index in [2.05, 4.69) is 58.5 Å². The topological polar surface area (TPSA) is 559 Å². The number of thioether (sulfide) groups is 1. The Morgan fingerprint density at radius 3 is 1.43 bits per heavy atom. The van der Waals surface area contributed by atoms with Crippen molar-refractivity contribution >= 4 is 107 Å². The fourth-order valence-electron chi connectivity index (χ4n) is 8.24. The lowest BCUT2D eigenvalue weighted by atomic mass is 9.96. The van der Waals surface area contributed by atoms with Gasteiger partial charge in [0.2, 0.25) is 70.9 Å². The highest BCUT2D eigenvalue weighted by Gasteiger charge is 2.38. The monoisotopic (exact) mass is 1300 g/mol. The highest BCUT2D eigenvalue weighted by molar-refractivity contribution is 7.98. The minimum Gasteiger partial charge on any atom is -0.481 e. The highest BCUT2D eigenvalue weighted by atomic mass is 32.2. The van der Waals surface area contributed by atoms with Gasteiger partial charge in [-0.3, -0.25) is 71.9 Å². The molecule has 35 heteroatoms. The highest BCUT2D eigenvalue weighted by Crippen LogP contribution is 2.14. The molecule has 90 heavy (non-hydrogen) atoms. The molecule has 1 aromatic carbocycles. The molecule has 502 valence electrons. The van der Waals surface area contributed by atoms with Crippen LogP contribution in [0.4, 0.5) is 0 Å². The van der Waals surface area contributed by atoms with Crippen molar-refractivity contribution in [1.29, 1.82) is 0 Å². The second kappa shape index (κ2) is 42.0. The standard InChI is InChI=1S/C55H85N13O21S/c1-6-28(2)45(67-52(85)38(25-44(78)79)65-47(80)32(15-18-39(57)71)60-41(73)27-59-40(72)26-58-30(4)70)53(86)66-37(24-31-12-8-7-9-13-31)51(84)62-35(21-23-90-5)50(83)68-46(29(3)69)54(87)63-34(17-20-43(76)77)48(81)61-33(16-19-42(74)75)49(82)64-36(55(88)89)14-10-11-22-56/h7-9,12-13,28-29,32-38,45-46,69H,6,10-11,14-27,56H2,1-5H3,(H2,57,71)(H,58,70)(H,59,72)(H,60,73)(H,61,81)(H,62,84)(H,63,87)(H,64,82)(H,65,80)(H,66,86)(H,67,85)(H,68,83)(H,74,75)(H,76,77)(H,78,79)(H,88,89)/t28-,29+,32-,33-,34-,35-,36-,37-,38-,45-,46-/m0/s1. The van der Waals surface area contributed by atoms with Crippen molar-refractivity contribution in [2.24, 2.45) is 17.4 Å². The van der Waals surface area contributed by atoms with E-state index in [1.165, 1.54) is 18.7 Å². The summed E-state index contributed by atoms with van der Waals surface area (Å²) in [6.45, 7) is 4.36. The zero-order chi connectivity index (χ0) is 68.2. The molecule has 0 heterocycles. The van der Waals surface area contributed by atoms with Crippen molar-refractivity contribution in [3.63, 3.8) is 0 Å². The molecule has 11 atom stereocenters. The molecule has 20 N–H and O–H groups in total. The Morgan fingerprint density at radius 2 is 0.944 bits per heavy atom. The summed E-state index contributed by atoms with van der Waals surface area (Å²) in [5.41, 5.74) is 11.2. The van der Waals surface area contributed by atoms with Gasteiger partial charge in [-0.05, 0) is 81.9 Å². The molecule has 0 fully saturated rings. The Morgan fingerprint density at radius 1 is 0.500 bits per heavy atom. The lowest BCUT2D eigenvalue weighted by Crippen LogP contribution is -2.62. The zero-order valence-corrected chi connectivity index (χ0v) is 51.4. The SMILES string of the molecule is CC[C@H](C)[C@H](NC(=O)[C@H](CC(=O)O)NC(=O)[C@H](CCC(N)=O)NC(=O)CNC(=O)CNC(C)=O)C(=O)N[C@@H](Cc1ccccc1)C(=O)N[C@@H](CCSC)C(=O)N[C@H](C(=O)N[C@@H](CCC(=O)O)C(=O)N[C@@H](CCC(=O)O)C(=O)N[C@@H](CCCCN)C(=O)O)[C@@H](C)O. The normalized spacial score (nSPS) is 14.5. The fraction of sp³-hybridized carbons (Fsp3) is 0.600. The van der Waals surface area contributed by atoms with E-state index in [0.717, 1.165) is 13.8 Å². The van der Waals surface area contributed by atoms with E-state index in [0.29, 0.717) is 12.0 Å². The summed E-state index contributed by atoms with van der Waals surface area (Å²) in [5.74, 6) is -19.0. The van der Waals surface area contributed by atoms with Gasteiger partial charge < -0.3 is 95.5 Å². The number of aliphatic hydroxyl groups excluding tert-OH is 1. The molecule has 12 amide bonds. The molecule has 0 aliphatic rings. The van der Waals surface area contributed by atoms with Crippen LogP contribution in [0, 0.1) is 5.92 Å². The Bertz CT molecular complexity index is 2670. The number of amides is 12. The Labute approximate surface area is 522 Å². The average Bonchev–Trinajstić information content (AvgIpc) is 1.29. The van der Waals surface area contributed by atoms with Gasteiger partial charge in [0, 0.05) is 32.6 Å². The molecule has 0 saturated carbocycles. The number of carbonyl (C=O) groups is 16. The molecule has 0 saturated heterocycles. The van der Waals surface area contributed by atoms with Gasteiger partial charge in [-0.2, -0.15) is 11.8 Å². The third-order valence-corrected chi connectivity index (χ3v) is 14.1. The van der Waals surface area contributed by atoms with Crippen LogP contribution in [0.2, 0.25) is 0 Å². The van der Waals surface area contributed by atoms with E-state index in [1.54, 1.807) is 43.5 Å². The summed E-state index contributed by atoms with van der Waals surface area (Å²) >= 11 is 1.22. The quantitative estimate of drug-likeness (QED) is 0.0271. The summed E-state index contributed by atoms with van der Waals surface area (Å²) in [5, 5.41) is 74.8. The second-order valence-electron chi connectivity index (χ2n) is 20.8. The van der Waals surface area contributed by atoms with Gasteiger partial charge in [0.15, 0.2) is 0 Å². The number of primary amides is 1. The van der Waals surface area contributed by atoms with E-state index < -0.39 is 219 Å². The molecule has 0 aliphatic carbocycles. The predicted molar refractivity (Wildman–Crippen MR) is 318 cm³/mol. The van der Waals surface area contributed by atoms with Crippen LogP contribution >= 0.6 is 11.8 Å². The number of nitrogens with two attached hydrogens (primary N) is 2. The zero-order valence-electron chi connectivity index (χ0n) is 50.6. The number of aliphatic carboxylic acids is 4. The van der Waals surface area contributed by atoms with E-state index in [1.807, 2.05) is 0 Å². The van der Waals surface area contributed by atoms with Crippen molar-refractivity contribution in [3.05, 3.63) is 35.9 Å². The number of hydrogen-bond donors (Lipinski definition) is 18. The van der Waals surface area contributed by atoms with Gasteiger partial charge in [-0.15, -0.1) is 0 Å². The van der Waals surface area contributed by atoms with E-state index >= 15 is 0 Å². The van der Waals surface area contributed by atoms with Crippen LogP contribution in [0.25, 0.3) is 0 Å². The van der Waals surface area contributed by atoms with E-state index in [9.17, 15) is 102 Å². The van der Waals surface area contributed by atoms with E-state index in [-0.39, 0.29) is 44.4 Å². The minimum absolute atomic E-state index is 0.0882. The summed E-state index contributed by atoms with van der Waals surface area (Å²) < 4.78 is 0. The smallest absolute Gasteiger partial charge is 0.326 e. The van der Waals surface area contributed by atoms with Crippen molar-refractivity contribution in [2.75, 3.05) is 31.6 Å². The maximum absolute atomic E-state index is 14.5. The third kappa shape index (κ3) is 31.8. The van der Waals surface area contributed by atoms with Crippen molar-refractivity contribution in [3.8, 4) is 0 Å². The number of hydrogen-bond acceptors (Lipinski definition) is 19. The number of carboxylic acid groups (broad SMARTS) is 4. The van der Waals surface area contributed by atoms with Gasteiger partial charge in [0.05, 0.1) is 25.6 Å². The minimum atomic E-state index is -1.96. The largest absolute Gasteiger partial charge is 0.481 e. The molecule has 34 nitrogen and oxygen atoms in total. The number of rotatable bonds is 45. The average molecular weight is 1300 g/mol. The van der Waals surface area contributed by atoms with Crippen LogP contribution in [-0.2, 0) is 83.1 Å². The first-order valence-electron chi connectivity index (χ1n) is 28.6. The second-order valence-corrected chi connectivity index (χ2v) is 21.8. The number of unbranched alkanes of at least 4 members (excludes halogenated alkanes) is 1. The maximum Gasteiger partial charge on any atom is 0.326 e. The first-order valence-corrected chi connectivity index (χ1v) is 30.0. The molecular formula is C55H85N13O21S. The molecule has 1 rings (SSSR count). The lowest BCUT2D eigenvalue weighted by Gasteiger charge is -2.30. The first-order chi connectivity index (χ1) is 42.3. The lowest BCUT2D eigenvalue weighted by molar-refractivity contribution is -0.143. The van der Waals surface area contributed by atoms with Crippen LogP contribution in [0.5, 0.6) is 0 Å². The summed E-state index contributed by atoms with van der Waals surface area (Å²) in [6, 6.07) is -7.27. The molecule has 0 bridgehead atoms. The van der Waals surface area contributed by atoms with Crippen molar-refractivity contribution in [1.82, 2.24) is 58.5 Å². The van der Waals surface area contributed by atoms with Crippen LogP contribution < -0.4 is 70.0 Å². The number of nitrogens with one attached hydrogen (secondary N) is 11. The predicted octanol–water partition coefficient (Wildman–Crippen LogP) is -5.29. The first kappa shape index (κ1) is 79.0. The number of aliphatic hydroxyl groups is 1. The Hall–Kier alpha value is -8.99. The molecule has 0 unspecified atom stereocenters. The number of benzene rings is 1. The summed E-state index contributed by atoms with van der Waals surface area (Å²) in [6.07, 6.45) is -4.62. The van der Waals surface area contributed by atoms with Gasteiger partial charge in [0.25, 0.3) is 0 Å². The summed E-state index contributed by atoms with van der Waals surface area (Å²) in [7, 11) is 0. The summed E-state index contributed by atoms with van der Waals surface area (Å²) in [4.78, 5) is 207. The van der Waals surface area contributed by atoms with Crippen LogP contribution in [-0.4, -0.2) is 212 Å². The molecule has 0 aromatic heterocycles. The van der Waals surface area contributed by atoms with E-state index in [4.69, 9.17) is 11.5 Å².